The van der Waals surface area contributed by atoms with Gasteiger partial charge in [0.25, 0.3) is 0 Å². The molecule has 2 nitrogen and oxygen atoms in total. The lowest BCUT2D eigenvalue weighted by Crippen LogP contribution is -2.30. The highest BCUT2D eigenvalue weighted by Crippen LogP contribution is 2.49. The smallest absolute Gasteiger partial charge is 0.416 e. The van der Waals surface area contributed by atoms with Crippen LogP contribution in [0, 0.1) is 0 Å². The number of rotatable bonds is 1. The monoisotopic (exact) mass is 359 g/mol. The molecular weight excluding hydrogens is 339 g/mol. The van der Waals surface area contributed by atoms with Gasteiger partial charge in [0.1, 0.15) is 11.5 Å². The molecule has 0 saturated carbocycles. The molecule has 0 bridgehead atoms. The largest absolute Gasteiger partial charge is 0.456 e. The van der Waals surface area contributed by atoms with Crippen LogP contribution in [-0.2, 0) is 6.18 Å². The van der Waals surface area contributed by atoms with E-state index in [0.717, 1.165) is 48.1 Å². The number of hydrogen-bond acceptors (Lipinski definition) is 2. The van der Waals surface area contributed by atoms with Crippen LogP contribution in [0.2, 0.25) is 0 Å². The van der Waals surface area contributed by atoms with Gasteiger partial charge in [-0.3, -0.25) is 0 Å². The van der Waals surface area contributed by atoms with E-state index in [-0.39, 0.29) is 5.75 Å². The SMILES string of the molecule is CN(C)C1CCC2=C(C1)c1ccc(C(F)(F)F)cc1Oc1ccccc12. The number of para-hydroxylation sites is 1. The molecule has 0 aromatic heterocycles. The van der Waals surface area contributed by atoms with Crippen molar-refractivity contribution in [3.05, 3.63) is 59.2 Å². The van der Waals surface area contributed by atoms with Crippen LogP contribution < -0.4 is 4.74 Å². The predicted octanol–water partition coefficient (Wildman–Crippen LogP) is 5.84. The average molecular weight is 359 g/mol. The lowest BCUT2D eigenvalue weighted by molar-refractivity contribution is -0.137. The summed E-state index contributed by atoms with van der Waals surface area (Å²) in [7, 11) is 4.09. The molecule has 1 atom stereocenters. The molecule has 2 aliphatic rings. The molecule has 0 saturated heterocycles. The van der Waals surface area contributed by atoms with E-state index in [4.69, 9.17) is 4.74 Å². The van der Waals surface area contributed by atoms with Gasteiger partial charge in [0.2, 0.25) is 0 Å². The zero-order valence-electron chi connectivity index (χ0n) is 14.7. The second-order valence-electron chi connectivity index (χ2n) is 7.12. The quantitative estimate of drug-likeness (QED) is 0.635. The van der Waals surface area contributed by atoms with E-state index >= 15 is 0 Å². The van der Waals surface area contributed by atoms with Crippen LogP contribution in [0.3, 0.4) is 0 Å². The van der Waals surface area contributed by atoms with E-state index in [1.54, 1.807) is 6.07 Å². The Kier molecular flexibility index (Phi) is 4.07. The van der Waals surface area contributed by atoms with Gasteiger partial charge in [0, 0.05) is 17.2 Å². The fourth-order valence-electron chi connectivity index (χ4n) is 3.89. The molecule has 1 aliphatic heterocycles. The number of ether oxygens (including phenoxy) is 1. The van der Waals surface area contributed by atoms with Gasteiger partial charge in [0.15, 0.2) is 0 Å². The maximum absolute atomic E-state index is 13.2. The van der Waals surface area contributed by atoms with Crippen molar-refractivity contribution < 1.29 is 17.9 Å². The van der Waals surface area contributed by atoms with Crippen molar-refractivity contribution in [2.45, 2.75) is 31.5 Å². The van der Waals surface area contributed by atoms with Gasteiger partial charge >= 0.3 is 6.18 Å². The van der Waals surface area contributed by atoms with Gasteiger partial charge in [-0.05, 0) is 62.7 Å². The molecule has 26 heavy (non-hydrogen) atoms. The molecule has 4 rings (SSSR count). The van der Waals surface area contributed by atoms with Gasteiger partial charge in [-0.25, -0.2) is 0 Å². The lowest BCUT2D eigenvalue weighted by Gasteiger charge is -2.31. The third-order valence-electron chi connectivity index (χ3n) is 5.33. The van der Waals surface area contributed by atoms with E-state index in [1.165, 1.54) is 5.57 Å². The highest BCUT2D eigenvalue weighted by molar-refractivity contribution is 5.96. The van der Waals surface area contributed by atoms with Crippen LogP contribution in [0.1, 0.15) is 36.0 Å². The van der Waals surface area contributed by atoms with Crippen LogP contribution in [0.5, 0.6) is 11.5 Å². The summed E-state index contributed by atoms with van der Waals surface area (Å²) in [5, 5.41) is 0. The average Bonchev–Trinajstić information content (AvgIpc) is 2.74. The molecule has 0 radical (unpaired) electrons. The zero-order chi connectivity index (χ0) is 18.5. The maximum atomic E-state index is 13.2. The van der Waals surface area contributed by atoms with Crippen LogP contribution in [0.15, 0.2) is 42.5 Å². The summed E-state index contributed by atoms with van der Waals surface area (Å²) in [4.78, 5) is 2.19. The second kappa shape index (κ2) is 6.16. The Balaban J connectivity index is 1.92. The molecule has 0 spiro atoms. The van der Waals surface area contributed by atoms with E-state index in [0.29, 0.717) is 11.8 Å². The third-order valence-corrected chi connectivity index (χ3v) is 5.33. The Labute approximate surface area is 150 Å². The first-order chi connectivity index (χ1) is 12.3. The van der Waals surface area contributed by atoms with Crippen LogP contribution in [0.25, 0.3) is 11.1 Å². The van der Waals surface area contributed by atoms with E-state index in [2.05, 4.69) is 4.90 Å². The number of benzene rings is 2. The van der Waals surface area contributed by atoms with Crippen LogP contribution in [0.4, 0.5) is 13.2 Å². The van der Waals surface area contributed by atoms with Crippen molar-refractivity contribution in [1.82, 2.24) is 4.90 Å². The molecule has 0 N–H and O–H groups in total. The lowest BCUT2D eigenvalue weighted by atomic mass is 9.81. The minimum atomic E-state index is -4.39. The van der Waals surface area contributed by atoms with Crippen molar-refractivity contribution in [1.29, 1.82) is 0 Å². The predicted molar refractivity (Wildman–Crippen MR) is 96.1 cm³/mol. The van der Waals surface area contributed by atoms with Gasteiger partial charge in [-0.15, -0.1) is 0 Å². The fourth-order valence-corrected chi connectivity index (χ4v) is 3.89. The summed E-state index contributed by atoms with van der Waals surface area (Å²) in [6.07, 6.45) is -1.67. The molecular formula is C21H20F3NO. The first kappa shape index (κ1) is 17.2. The van der Waals surface area contributed by atoms with Crippen molar-refractivity contribution >= 4 is 11.1 Å². The normalized spacial score (nSPS) is 19.4. The Bertz CT molecular complexity index is 883. The van der Waals surface area contributed by atoms with Gasteiger partial charge in [-0.1, -0.05) is 24.3 Å². The molecule has 0 fully saturated rings. The van der Waals surface area contributed by atoms with Crippen LogP contribution in [-0.4, -0.2) is 25.0 Å². The summed E-state index contributed by atoms with van der Waals surface area (Å²) < 4.78 is 45.5. The summed E-state index contributed by atoms with van der Waals surface area (Å²) in [5.74, 6) is 0.915. The zero-order valence-corrected chi connectivity index (χ0v) is 14.7. The molecule has 1 aliphatic carbocycles. The third kappa shape index (κ3) is 2.90. The fraction of sp³-hybridized carbons (Fsp3) is 0.333. The molecule has 1 unspecified atom stereocenters. The van der Waals surface area contributed by atoms with Gasteiger partial charge < -0.3 is 9.64 Å². The number of fused-ring (bicyclic) bond motifs is 4. The number of allylic oxidation sites excluding steroid dienone is 1. The molecule has 2 aromatic rings. The van der Waals surface area contributed by atoms with Crippen molar-refractivity contribution in [2.24, 2.45) is 0 Å². The maximum Gasteiger partial charge on any atom is 0.416 e. The summed E-state index contributed by atoms with van der Waals surface area (Å²) in [6.45, 7) is 0. The minimum Gasteiger partial charge on any atom is -0.456 e. The molecule has 1 heterocycles. The number of hydrogen-bond donors (Lipinski definition) is 0. The Morgan fingerprint density at radius 2 is 1.69 bits per heavy atom. The van der Waals surface area contributed by atoms with Gasteiger partial charge in [-0.2, -0.15) is 13.2 Å². The Morgan fingerprint density at radius 1 is 0.962 bits per heavy atom. The van der Waals surface area contributed by atoms with Crippen molar-refractivity contribution in [2.75, 3.05) is 14.1 Å². The molecule has 2 aromatic carbocycles. The highest BCUT2D eigenvalue weighted by atomic mass is 19.4. The van der Waals surface area contributed by atoms with Crippen molar-refractivity contribution in [3.63, 3.8) is 0 Å². The van der Waals surface area contributed by atoms with Crippen LogP contribution >= 0.6 is 0 Å². The summed E-state index contributed by atoms with van der Waals surface area (Å²) in [5.41, 5.74) is 3.37. The number of halogens is 3. The summed E-state index contributed by atoms with van der Waals surface area (Å²) in [6, 6.07) is 11.8. The Hall–Kier alpha value is -2.27. The number of nitrogens with zero attached hydrogens (tertiary/aromatic N) is 1. The number of alkyl halides is 3. The molecule has 5 heteroatoms. The first-order valence-electron chi connectivity index (χ1n) is 8.72. The first-order valence-corrected chi connectivity index (χ1v) is 8.72. The van der Waals surface area contributed by atoms with Crippen molar-refractivity contribution in [3.8, 4) is 11.5 Å². The van der Waals surface area contributed by atoms with E-state index in [1.807, 2.05) is 38.4 Å². The molecule has 0 amide bonds. The topological polar surface area (TPSA) is 12.5 Å². The highest BCUT2D eigenvalue weighted by Gasteiger charge is 2.34. The van der Waals surface area contributed by atoms with Gasteiger partial charge in [0.05, 0.1) is 5.56 Å². The summed E-state index contributed by atoms with van der Waals surface area (Å²) >= 11 is 0. The second-order valence-corrected chi connectivity index (χ2v) is 7.12. The standard InChI is InChI=1S/C21H20F3NO/c1-25(2)14-8-10-15-16-5-3-4-6-19(16)26-20-11-13(21(22,23)24)7-9-17(20)18(15)12-14/h3-7,9,11,14H,8,10,12H2,1-2H3. The van der Waals surface area contributed by atoms with E-state index < -0.39 is 11.7 Å². The Morgan fingerprint density at radius 3 is 2.42 bits per heavy atom. The minimum absolute atomic E-state index is 0.289. The molecule has 136 valence electrons. The van der Waals surface area contributed by atoms with E-state index in [9.17, 15) is 13.2 Å².